The smallest absolute Gasteiger partial charge is 0.251 e. The molecule has 114 valence electrons. The second kappa shape index (κ2) is 5.11. The van der Waals surface area contributed by atoms with E-state index in [-0.39, 0.29) is 5.56 Å². The van der Waals surface area contributed by atoms with E-state index in [9.17, 15) is 4.79 Å². The van der Waals surface area contributed by atoms with Crippen molar-refractivity contribution in [2.75, 3.05) is 6.54 Å². The van der Waals surface area contributed by atoms with Crippen LogP contribution >= 0.6 is 11.6 Å². The number of piperidine rings is 1. The Labute approximate surface area is 132 Å². The quantitative estimate of drug-likeness (QED) is 0.725. The van der Waals surface area contributed by atoms with Crippen molar-refractivity contribution in [1.82, 2.24) is 19.9 Å². The van der Waals surface area contributed by atoms with Crippen LogP contribution in [0.2, 0.25) is 5.02 Å². The summed E-state index contributed by atoms with van der Waals surface area (Å²) in [6, 6.07) is 7.74. The maximum absolute atomic E-state index is 12.1. The van der Waals surface area contributed by atoms with Crippen LogP contribution in [0.1, 0.15) is 31.4 Å². The number of fused-ring (bicyclic) bond motifs is 3. The summed E-state index contributed by atoms with van der Waals surface area (Å²) < 4.78 is 1.86. The van der Waals surface area contributed by atoms with Crippen molar-refractivity contribution in [3.8, 4) is 0 Å². The molecule has 1 aromatic carbocycles. The van der Waals surface area contributed by atoms with Crippen LogP contribution < -0.4 is 10.9 Å². The van der Waals surface area contributed by atoms with Crippen LogP contribution in [0.15, 0.2) is 29.1 Å². The lowest BCUT2D eigenvalue weighted by atomic mass is 9.90. The van der Waals surface area contributed by atoms with Crippen LogP contribution in [0.3, 0.4) is 0 Å². The van der Waals surface area contributed by atoms with Gasteiger partial charge in [-0.1, -0.05) is 17.7 Å². The molecule has 1 aliphatic heterocycles. The lowest BCUT2D eigenvalue weighted by Gasteiger charge is -2.28. The molecule has 2 N–H and O–H groups in total. The molecule has 0 unspecified atom stereocenters. The summed E-state index contributed by atoms with van der Waals surface area (Å²) in [6.45, 7) is 3.13. The second-order valence-electron chi connectivity index (χ2n) is 6.03. The number of halogens is 1. The van der Waals surface area contributed by atoms with E-state index in [1.165, 1.54) is 0 Å². The predicted molar refractivity (Wildman–Crippen MR) is 87.8 cm³/mol. The number of nitrogens with zero attached hydrogens (tertiary/aromatic N) is 2. The number of aromatic amines is 1. The van der Waals surface area contributed by atoms with E-state index in [4.69, 9.17) is 11.6 Å². The molecular formula is C16H17ClN4O. The normalized spacial score (nSPS) is 22.5. The predicted octanol–water partition coefficient (Wildman–Crippen LogP) is 2.68. The summed E-state index contributed by atoms with van der Waals surface area (Å²) in [5.74, 6) is 0.328. The van der Waals surface area contributed by atoms with E-state index < -0.39 is 0 Å². The van der Waals surface area contributed by atoms with Crippen molar-refractivity contribution in [1.29, 1.82) is 0 Å². The molecule has 2 aromatic heterocycles. The zero-order chi connectivity index (χ0) is 15.3. The van der Waals surface area contributed by atoms with E-state index in [1.54, 1.807) is 6.07 Å². The van der Waals surface area contributed by atoms with Gasteiger partial charge >= 0.3 is 0 Å². The monoisotopic (exact) mass is 316 g/mol. The van der Waals surface area contributed by atoms with Crippen LogP contribution in [-0.4, -0.2) is 27.2 Å². The number of hydrogen-bond donors (Lipinski definition) is 2. The van der Waals surface area contributed by atoms with Gasteiger partial charge in [0.15, 0.2) is 0 Å². The Kier molecular flexibility index (Phi) is 3.20. The minimum absolute atomic E-state index is 0.101. The second-order valence-corrected chi connectivity index (χ2v) is 6.44. The molecule has 0 bridgehead atoms. The van der Waals surface area contributed by atoms with E-state index in [1.807, 2.05) is 22.7 Å². The zero-order valence-electron chi connectivity index (χ0n) is 12.3. The number of nitrogens with one attached hydrogen (secondary N) is 2. The van der Waals surface area contributed by atoms with Crippen molar-refractivity contribution in [2.24, 2.45) is 0 Å². The van der Waals surface area contributed by atoms with E-state index >= 15 is 0 Å². The van der Waals surface area contributed by atoms with E-state index in [2.05, 4.69) is 22.3 Å². The molecule has 0 amide bonds. The van der Waals surface area contributed by atoms with Crippen molar-refractivity contribution < 1.29 is 0 Å². The van der Waals surface area contributed by atoms with Crippen LogP contribution in [-0.2, 0) is 0 Å². The molecular weight excluding hydrogens is 300 g/mol. The Hall–Kier alpha value is -1.85. The third kappa shape index (κ3) is 2.12. The number of aromatic nitrogens is 3. The van der Waals surface area contributed by atoms with Gasteiger partial charge in [0.1, 0.15) is 5.65 Å². The van der Waals surface area contributed by atoms with Crippen molar-refractivity contribution in [2.45, 2.75) is 31.7 Å². The first-order valence-electron chi connectivity index (χ1n) is 7.57. The third-order valence-electron chi connectivity index (χ3n) is 4.46. The van der Waals surface area contributed by atoms with Gasteiger partial charge < -0.3 is 10.3 Å². The van der Waals surface area contributed by atoms with Crippen LogP contribution in [0.5, 0.6) is 0 Å². The van der Waals surface area contributed by atoms with Crippen molar-refractivity contribution >= 4 is 28.2 Å². The average molecular weight is 317 g/mol. The molecule has 1 saturated heterocycles. The first kappa shape index (κ1) is 13.8. The maximum atomic E-state index is 12.1. The van der Waals surface area contributed by atoms with Gasteiger partial charge in [-0.05, 0) is 38.4 Å². The van der Waals surface area contributed by atoms with Crippen molar-refractivity contribution in [3.63, 3.8) is 0 Å². The Morgan fingerprint density at radius 3 is 3.09 bits per heavy atom. The SMILES string of the molecule is C[C@@H]1C[C@H](c2cc(=O)[nH]c3c4c(Cl)cccc4nn23)CCN1. The zero-order valence-corrected chi connectivity index (χ0v) is 13.0. The first-order chi connectivity index (χ1) is 10.6. The highest BCUT2D eigenvalue weighted by Crippen LogP contribution is 2.31. The molecule has 22 heavy (non-hydrogen) atoms. The molecule has 5 nitrogen and oxygen atoms in total. The molecule has 1 fully saturated rings. The fourth-order valence-electron chi connectivity index (χ4n) is 3.44. The van der Waals surface area contributed by atoms with Gasteiger partial charge in [0.2, 0.25) is 0 Å². The maximum Gasteiger partial charge on any atom is 0.251 e. The largest absolute Gasteiger partial charge is 0.314 e. The number of hydrogen-bond acceptors (Lipinski definition) is 3. The Morgan fingerprint density at radius 2 is 2.27 bits per heavy atom. The minimum Gasteiger partial charge on any atom is -0.314 e. The first-order valence-corrected chi connectivity index (χ1v) is 7.95. The molecule has 0 radical (unpaired) electrons. The highest BCUT2D eigenvalue weighted by atomic mass is 35.5. The highest BCUT2D eigenvalue weighted by molar-refractivity contribution is 6.36. The summed E-state index contributed by atoms with van der Waals surface area (Å²) in [4.78, 5) is 15.0. The third-order valence-corrected chi connectivity index (χ3v) is 4.77. The number of H-pyrrole nitrogens is 1. The van der Waals surface area contributed by atoms with E-state index in [0.717, 1.165) is 36.0 Å². The van der Waals surface area contributed by atoms with Gasteiger partial charge in [0, 0.05) is 18.0 Å². The summed E-state index contributed by atoms with van der Waals surface area (Å²) in [5, 5.41) is 9.52. The fraction of sp³-hybridized carbons (Fsp3) is 0.375. The molecule has 3 aromatic rings. The minimum atomic E-state index is -0.101. The lowest BCUT2D eigenvalue weighted by Crippen LogP contribution is -2.35. The Balaban J connectivity index is 2.00. The topological polar surface area (TPSA) is 62.2 Å². The van der Waals surface area contributed by atoms with Gasteiger partial charge in [-0.25, -0.2) is 4.52 Å². The standard InChI is InChI=1S/C16H17ClN4O/c1-9-7-10(5-6-18-9)13-8-14(22)19-16-15-11(17)3-2-4-12(15)20-21(13)16/h2-4,8-10,18H,5-7H2,1H3,(H,19,22)/t9-,10-/m1/s1. The van der Waals surface area contributed by atoms with E-state index in [0.29, 0.717) is 22.6 Å². The molecule has 0 spiro atoms. The Morgan fingerprint density at radius 1 is 1.41 bits per heavy atom. The molecule has 0 aliphatic carbocycles. The Bertz CT molecular complexity index is 914. The van der Waals surface area contributed by atoms with Gasteiger partial charge in [-0.15, -0.1) is 0 Å². The summed E-state index contributed by atoms with van der Waals surface area (Å²) >= 11 is 6.31. The van der Waals surface area contributed by atoms with Crippen molar-refractivity contribution in [3.05, 3.63) is 45.3 Å². The average Bonchev–Trinajstić information content (AvgIpc) is 2.86. The molecule has 2 atom stereocenters. The number of rotatable bonds is 1. The lowest BCUT2D eigenvalue weighted by molar-refractivity contribution is 0.372. The fourth-order valence-corrected chi connectivity index (χ4v) is 3.70. The summed E-state index contributed by atoms with van der Waals surface area (Å²) in [5.41, 5.74) is 2.36. The van der Waals surface area contributed by atoms with Gasteiger partial charge in [-0.2, -0.15) is 5.10 Å². The van der Waals surface area contributed by atoms with Crippen LogP contribution in [0, 0.1) is 0 Å². The summed E-state index contributed by atoms with van der Waals surface area (Å²) in [6.07, 6.45) is 2.01. The highest BCUT2D eigenvalue weighted by Gasteiger charge is 2.24. The molecule has 3 heterocycles. The number of benzene rings is 1. The molecule has 1 aliphatic rings. The van der Waals surface area contributed by atoms with Gasteiger partial charge in [0.05, 0.1) is 21.6 Å². The molecule has 0 saturated carbocycles. The molecule has 6 heteroatoms. The molecule has 4 rings (SSSR count). The van der Waals surface area contributed by atoms with Crippen LogP contribution in [0.4, 0.5) is 0 Å². The van der Waals surface area contributed by atoms with Gasteiger partial charge in [0.25, 0.3) is 5.56 Å². The summed E-state index contributed by atoms with van der Waals surface area (Å²) in [7, 11) is 0. The van der Waals surface area contributed by atoms with Crippen LogP contribution in [0.25, 0.3) is 16.6 Å². The van der Waals surface area contributed by atoms with Gasteiger partial charge in [-0.3, -0.25) is 4.79 Å².